The Morgan fingerprint density at radius 3 is 2.94 bits per heavy atom. The van der Waals surface area contributed by atoms with Crippen LogP contribution in [0.25, 0.3) is 10.9 Å². The summed E-state index contributed by atoms with van der Waals surface area (Å²) in [5.41, 5.74) is 8.00. The predicted molar refractivity (Wildman–Crippen MR) is 71.0 cm³/mol. The van der Waals surface area contributed by atoms with Gasteiger partial charge in [0.1, 0.15) is 5.82 Å². The molecule has 0 bridgehead atoms. The monoisotopic (exact) mass is 226 g/mol. The van der Waals surface area contributed by atoms with Gasteiger partial charge in [-0.05, 0) is 37.3 Å². The maximum absolute atomic E-state index is 7.34. The lowest BCUT2D eigenvalue weighted by molar-refractivity contribution is 1.31. The highest BCUT2D eigenvalue weighted by atomic mass is 15.0. The molecule has 0 saturated heterocycles. The number of nitrogens with two attached hydrogens (primary N) is 1. The van der Waals surface area contributed by atoms with Crippen LogP contribution in [0.5, 0.6) is 0 Å². The quantitative estimate of drug-likeness (QED) is 0.704. The first-order chi connectivity index (χ1) is 8.16. The second-order valence-corrected chi connectivity index (χ2v) is 3.78. The third kappa shape index (κ3) is 2.60. The van der Waals surface area contributed by atoms with Gasteiger partial charge in [-0.25, -0.2) is 0 Å². The van der Waals surface area contributed by atoms with Crippen LogP contribution in [-0.2, 0) is 0 Å². The molecule has 0 fully saturated rings. The lowest BCUT2D eigenvalue weighted by Crippen LogP contribution is -2.10. The van der Waals surface area contributed by atoms with Crippen molar-refractivity contribution in [3.63, 3.8) is 0 Å². The number of anilines is 1. The number of nitrogens with one attached hydrogen (secondary N) is 2. The minimum Gasteiger partial charge on any atom is -0.385 e. The van der Waals surface area contributed by atoms with Crippen LogP contribution in [0.3, 0.4) is 0 Å². The smallest absolute Gasteiger partial charge is 0.102 e. The van der Waals surface area contributed by atoms with Crippen LogP contribution in [0.1, 0.15) is 6.92 Å². The van der Waals surface area contributed by atoms with Crippen LogP contribution in [0.15, 0.2) is 48.4 Å². The minimum atomic E-state index is 0.411. The molecule has 0 amide bonds. The third-order valence-electron chi connectivity index (χ3n) is 2.30. The van der Waals surface area contributed by atoms with E-state index in [0.29, 0.717) is 11.5 Å². The van der Waals surface area contributed by atoms with Crippen molar-refractivity contribution in [3.8, 4) is 0 Å². The van der Waals surface area contributed by atoms with Gasteiger partial charge in [-0.1, -0.05) is 6.07 Å². The molecule has 0 aliphatic heterocycles. The van der Waals surface area contributed by atoms with Gasteiger partial charge in [0.25, 0.3) is 0 Å². The van der Waals surface area contributed by atoms with E-state index in [2.05, 4.69) is 10.3 Å². The Kier molecular flexibility index (Phi) is 3.05. The van der Waals surface area contributed by atoms with E-state index in [4.69, 9.17) is 11.1 Å². The van der Waals surface area contributed by atoms with Crippen molar-refractivity contribution in [2.75, 3.05) is 5.32 Å². The standard InChI is InChI=1S/C13H14N4/c1-9(14)8-13(15)17-12-6-2-5-11-10(12)4-3-7-16-11/h2-8,14,17H,15H2,1H3/b13-8-,14-9?. The van der Waals surface area contributed by atoms with Crippen LogP contribution in [0.2, 0.25) is 0 Å². The number of allylic oxidation sites excluding steroid dienone is 1. The SMILES string of the molecule is CC(=N)/C=C(/N)Nc1cccc2ncccc12. The summed E-state index contributed by atoms with van der Waals surface area (Å²) in [6.45, 7) is 1.68. The number of fused-ring (bicyclic) bond motifs is 1. The van der Waals surface area contributed by atoms with Crippen molar-refractivity contribution < 1.29 is 0 Å². The van der Waals surface area contributed by atoms with Gasteiger partial charge in [0, 0.05) is 23.0 Å². The van der Waals surface area contributed by atoms with Gasteiger partial charge >= 0.3 is 0 Å². The number of benzene rings is 1. The summed E-state index contributed by atoms with van der Waals surface area (Å²) in [5, 5.41) is 11.4. The number of hydrogen-bond acceptors (Lipinski definition) is 4. The molecule has 1 heterocycles. The second kappa shape index (κ2) is 4.65. The molecule has 4 N–H and O–H groups in total. The van der Waals surface area contributed by atoms with Crippen LogP contribution < -0.4 is 11.1 Å². The van der Waals surface area contributed by atoms with Crippen molar-refractivity contribution in [1.29, 1.82) is 5.41 Å². The molecule has 0 atom stereocenters. The zero-order valence-corrected chi connectivity index (χ0v) is 9.57. The molecule has 4 nitrogen and oxygen atoms in total. The predicted octanol–water partition coefficient (Wildman–Crippen LogP) is 2.49. The van der Waals surface area contributed by atoms with Crippen molar-refractivity contribution in [2.24, 2.45) is 5.73 Å². The first-order valence-electron chi connectivity index (χ1n) is 5.30. The molecule has 1 aromatic heterocycles. The van der Waals surface area contributed by atoms with E-state index in [-0.39, 0.29) is 0 Å². The van der Waals surface area contributed by atoms with Gasteiger partial charge in [-0.3, -0.25) is 4.98 Å². The molecule has 2 rings (SSSR count). The fourth-order valence-corrected chi connectivity index (χ4v) is 1.64. The first kappa shape index (κ1) is 11.1. The molecule has 2 aromatic rings. The Hall–Kier alpha value is -2.36. The summed E-state index contributed by atoms with van der Waals surface area (Å²) < 4.78 is 0. The Labute approximate surface area is 99.7 Å². The molecule has 0 radical (unpaired) electrons. The molecule has 86 valence electrons. The summed E-state index contributed by atoms with van der Waals surface area (Å²) in [4.78, 5) is 4.27. The minimum absolute atomic E-state index is 0.411. The molecule has 0 aliphatic rings. The third-order valence-corrected chi connectivity index (χ3v) is 2.30. The molecule has 1 aromatic carbocycles. The average Bonchev–Trinajstić information content (AvgIpc) is 2.28. The zero-order chi connectivity index (χ0) is 12.3. The van der Waals surface area contributed by atoms with E-state index in [1.807, 2.05) is 30.3 Å². The van der Waals surface area contributed by atoms with Crippen molar-refractivity contribution in [1.82, 2.24) is 4.98 Å². The van der Waals surface area contributed by atoms with Crippen molar-refractivity contribution >= 4 is 22.3 Å². The highest BCUT2D eigenvalue weighted by molar-refractivity contribution is 5.94. The summed E-state index contributed by atoms with van der Waals surface area (Å²) in [5.74, 6) is 0.453. The molecular weight excluding hydrogens is 212 g/mol. The number of nitrogens with zero attached hydrogens (tertiary/aromatic N) is 1. The van der Waals surface area contributed by atoms with Gasteiger partial charge in [0.15, 0.2) is 0 Å². The highest BCUT2D eigenvalue weighted by Gasteiger charge is 2.01. The van der Waals surface area contributed by atoms with E-state index in [0.717, 1.165) is 16.6 Å². The van der Waals surface area contributed by atoms with Crippen LogP contribution in [0, 0.1) is 5.41 Å². The molecule has 0 spiro atoms. The summed E-state index contributed by atoms with van der Waals surface area (Å²) in [7, 11) is 0. The largest absolute Gasteiger partial charge is 0.385 e. The Bertz CT molecular complexity index is 581. The maximum Gasteiger partial charge on any atom is 0.102 e. The number of aromatic nitrogens is 1. The fourth-order valence-electron chi connectivity index (χ4n) is 1.64. The lowest BCUT2D eigenvalue weighted by atomic mass is 10.2. The summed E-state index contributed by atoms with van der Waals surface area (Å²) >= 11 is 0. The molecule has 0 saturated carbocycles. The van der Waals surface area contributed by atoms with E-state index >= 15 is 0 Å². The summed E-state index contributed by atoms with van der Waals surface area (Å²) in [6.07, 6.45) is 3.34. The highest BCUT2D eigenvalue weighted by Crippen LogP contribution is 2.21. The lowest BCUT2D eigenvalue weighted by Gasteiger charge is -2.09. The van der Waals surface area contributed by atoms with E-state index in [1.165, 1.54) is 0 Å². The Balaban J connectivity index is 2.39. The van der Waals surface area contributed by atoms with Gasteiger partial charge in [-0.15, -0.1) is 0 Å². The number of pyridine rings is 1. The second-order valence-electron chi connectivity index (χ2n) is 3.78. The van der Waals surface area contributed by atoms with Crippen LogP contribution >= 0.6 is 0 Å². The number of rotatable bonds is 3. The molecule has 4 heteroatoms. The van der Waals surface area contributed by atoms with Crippen LogP contribution in [-0.4, -0.2) is 10.7 Å². The van der Waals surface area contributed by atoms with Crippen molar-refractivity contribution in [3.05, 3.63) is 48.4 Å². The molecule has 17 heavy (non-hydrogen) atoms. The van der Waals surface area contributed by atoms with Gasteiger partial charge in [0.05, 0.1) is 5.52 Å². The van der Waals surface area contributed by atoms with E-state index < -0.39 is 0 Å². The van der Waals surface area contributed by atoms with Gasteiger partial charge in [0.2, 0.25) is 0 Å². The van der Waals surface area contributed by atoms with Gasteiger partial charge < -0.3 is 16.5 Å². The Morgan fingerprint density at radius 2 is 2.18 bits per heavy atom. The van der Waals surface area contributed by atoms with E-state index in [9.17, 15) is 0 Å². The van der Waals surface area contributed by atoms with E-state index in [1.54, 1.807) is 19.2 Å². The normalized spacial score (nSPS) is 11.5. The Morgan fingerprint density at radius 1 is 1.35 bits per heavy atom. The topological polar surface area (TPSA) is 74.8 Å². The van der Waals surface area contributed by atoms with Crippen molar-refractivity contribution in [2.45, 2.75) is 6.92 Å². The molecular formula is C13H14N4. The number of hydrogen-bond donors (Lipinski definition) is 3. The average molecular weight is 226 g/mol. The zero-order valence-electron chi connectivity index (χ0n) is 9.57. The first-order valence-corrected chi connectivity index (χ1v) is 5.30. The van der Waals surface area contributed by atoms with Gasteiger partial charge in [-0.2, -0.15) is 0 Å². The fraction of sp³-hybridized carbons (Fsp3) is 0.0769. The molecule has 0 aliphatic carbocycles. The maximum atomic E-state index is 7.34. The van der Waals surface area contributed by atoms with Crippen LogP contribution in [0.4, 0.5) is 5.69 Å². The summed E-state index contributed by atoms with van der Waals surface area (Å²) in [6, 6.07) is 9.67. The molecule has 0 unspecified atom stereocenters.